The van der Waals surface area contributed by atoms with Crippen LogP contribution < -0.4 is 5.32 Å². The van der Waals surface area contributed by atoms with Crippen molar-refractivity contribution in [2.45, 2.75) is 25.8 Å². The van der Waals surface area contributed by atoms with Gasteiger partial charge >= 0.3 is 0 Å². The fourth-order valence-electron chi connectivity index (χ4n) is 1.48. The van der Waals surface area contributed by atoms with Crippen molar-refractivity contribution in [2.75, 3.05) is 6.61 Å². The number of carbonyl (C=O) groups excluding carboxylic acids is 1. The summed E-state index contributed by atoms with van der Waals surface area (Å²) >= 11 is 5.87. The molecular formula is C12H16ClNO3. The first-order valence-electron chi connectivity index (χ1n) is 5.48. The van der Waals surface area contributed by atoms with Gasteiger partial charge in [0.2, 0.25) is 0 Å². The summed E-state index contributed by atoms with van der Waals surface area (Å²) in [6.45, 7) is 1.94. The smallest absolute Gasteiger partial charge is 0.253 e. The van der Waals surface area contributed by atoms with Gasteiger partial charge in [0.25, 0.3) is 5.91 Å². The van der Waals surface area contributed by atoms with Crippen LogP contribution >= 0.6 is 11.6 Å². The number of nitrogens with one attached hydrogen (secondary N) is 1. The van der Waals surface area contributed by atoms with Crippen LogP contribution in [0.5, 0.6) is 5.75 Å². The summed E-state index contributed by atoms with van der Waals surface area (Å²) in [4.78, 5) is 11.9. The van der Waals surface area contributed by atoms with Crippen LogP contribution in [0, 0.1) is 0 Å². The number of aliphatic hydroxyl groups is 1. The predicted molar refractivity (Wildman–Crippen MR) is 66.4 cm³/mol. The summed E-state index contributed by atoms with van der Waals surface area (Å²) in [5.74, 6) is -0.346. The number of phenolic OH excluding ortho intramolecular Hbond substituents is 1. The highest BCUT2D eigenvalue weighted by atomic mass is 35.5. The molecule has 17 heavy (non-hydrogen) atoms. The third kappa shape index (κ3) is 3.91. The Morgan fingerprint density at radius 1 is 1.53 bits per heavy atom. The summed E-state index contributed by atoms with van der Waals surface area (Å²) in [6.07, 6.45) is 1.22. The third-order valence-corrected chi connectivity index (χ3v) is 2.83. The minimum Gasteiger partial charge on any atom is -0.508 e. The molecule has 0 spiro atoms. The maximum atomic E-state index is 11.9. The van der Waals surface area contributed by atoms with Crippen molar-refractivity contribution in [3.63, 3.8) is 0 Å². The van der Waals surface area contributed by atoms with Crippen LogP contribution in [-0.4, -0.2) is 28.8 Å². The van der Waals surface area contributed by atoms with E-state index in [1.54, 1.807) is 0 Å². The van der Waals surface area contributed by atoms with E-state index in [0.717, 1.165) is 6.42 Å². The van der Waals surface area contributed by atoms with Gasteiger partial charge in [-0.25, -0.2) is 0 Å². The van der Waals surface area contributed by atoms with Crippen LogP contribution in [0.3, 0.4) is 0 Å². The van der Waals surface area contributed by atoms with Gasteiger partial charge in [-0.3, -0.25) is 4.79 Å². The van der Waals surface area contributed by atoms with Crippen LogP contribution in [-0.2, 0) is 0 Å². The number of rotatable bonds is 5. The second kappa shape index (κ2) is 6.47. The van der Waals surface area contributed by atoms with E-state index in [1.165, 1.54) is 18.2 Å². The Bertz CT molecular complexity index is 395. The van der Waals surface area contributed by atoms with Gasteiger partial charge in [0.05, 0.1) is 10.6 Å². The van der Waals surface area contributed by atoms with Crippen molar-refractivity contribution in [1.82, 2.24) is 5.32 Å². The number of phenols is 1. The monoisotopic (exact) mass is 257 g/mol. The highest BCUT2D eigenvalue weighted by Crippen LogP contribution is 2.21. The number of amides is 1. The maximum Gasteiger partial charge on any atom is 0.253 e. The van der Waals surface area contributed by atoms with Gasteiger partial charge < -0.3 is 15.5 Å². The Kier molecular flexibility index (Phi) is 5.25. The van der Waals surface area contributed by atoms with Gasteiger partial charge in [-0.05, 0) is 31.0 Å². The number of carbonyl (C=O) groups is 1. The first-order valence-corrected chi connectivity index (χ1v) is 5.86. The zero-order valence-corrected chi connectivity index (χ0v) is 10.4. The lowest BCUT2D eigenvalue weighted by molar-refractivity contribution is 0.0929. The Morgan fingerprint density at radius 2 is 2.24 bits per heavy atom. The Balaban J connectivity index is 2.78. The van der Waals surface area contributed by atoms with Crippen LogP contribution in [0.15, 0.2) is 18.2 Å². The first kappa shape index (κ1) is 13.8. The van der Waals surface area contributed by atoms with Gasteiger partial charge in [-0.1, -0.05) is 18.5 Å². The minimum absolute atomic E-state index is 0.00485. The normalized spacial score (nSPS) is 12.2. The van der Waals surface area contributed by atoms with Crippen LogP contribution in [0.1, 0.15) is 30.1 Å². The summed E-state index contributed by atoms with van der Waals surface area (Å²) in [5.41, 5.74) is 0.239. The Morgan fingerprint density at radius 3 is 2.82 bits per heavy atom. The first-order chi connectivity index (χ1) is 8.08. The molecule has 0 aliphatic carbocycles. The molecule has 0 aromatic heterocycles. The van der Waals surface area contributed by atoms with E-state index in [1.807, 2.05) is 6.92 Å². The highest BCUT2D eigenvalue weighted by Gasteiger charge is 2.15. The Hall–Kier alpha value is -1.26. The van der Waals surface area contributed by atoms with Gasteiger partial charge in [0.1, 0.15) is 5.75 Å². The molecule has 4 nitrogen and oxygen atoms in total. The van der Waals surface area contributed by atoms with E-state index >= 15 is 0 Å². The van der Waals surface area contributed by atoms with Crippen molar-refractivity contribution in [3.05, 3.63) is 28.8 Å². The van der Waals surface area contributed by atoms with Gasteiger partial charge in [0.15, 0.2) is 0 Å². The zero-order chi connectivity index (χ0) is 12.8. The SMILES string of the molecule is CCC(CCO)NC(=O)c1cc(O)ccc1Cl. The van der Waals surface area contributed by atoms with E-state index in [2.05, 4.69) is 5.32 Å². The average molecular weight is 258 g/mol. The van der Waals surface area contributed by atoms with Crippen molar-refractivity contribution in [1.29, 1.82) is 0 Å². The van der Waals surface area contributed by atoms with Crippen molar-refractivity contribution < 1.29 is 15.0 Å². The molecule has 1 aromatic rings. The number of aromatic hydroxyl groups is 1. The molecule has 0 bridgehead atoms. The van der Waals surface area contributed by atoms with Gasteiger partial charge in [-0.15, -0.1) is 0 Å². The topological polar surface area (TPSA) is 69.6 Å². The second-order valence-electron chi connectivity index (χ2n) is 3.76. The maximum absolute atomic E-state index is 11.9. The van der Waals surface area contributed by atoms with Crippen molar-refractivity contribution >= 4 is 17.5 Å². The summed E-state index contributed by atoms with van der Waals surface area (Å²) in [5, 5.41) is 21.2. The quantitative estimate of drug-likeness (QED) is 0.755. The number of aliphatic hydroxyl groups excluding tert-OH is 1. The lowest BCUT2D eigenvalue weighted by Crippen LogP contribution is -2.35. The van der Waals surface area contributed by atoms with Crippen LogP contribution in [0.25, 0.3) is 0 Å². The van der Waals surface area contributed by atoms with Crippen molar-refractivity contribution in [3.8, 4) is 5.75 Å². The summed E-state index contributed by atoms with van der Waals surface area (Å²) < 4.78 is 0. The fraction of sp³-hybridized carbons (Fsp3) is 0.417. The highest BCUT2D eigenvalue weighted by molar-refractivity contribution is 6.33. The molecule has 0 heterocycles. The Labute approximate surface area is 105 Å². The van der Waals surface area contributed by atoms with E-state index in [-0.39, 0.29) is 29.9 Å². The number of benzene rings is 1. The van der Waals surface area contributed by atoms with E-state index in [0.29, 0.717) is 11.4 Å². The second-order valence-corrected chi connectivity index (χ2v) is 4.16. The molecule has 1 atom stereocenters. The van der Waals surface area contributed by atoms with E-state index in [4.69, 9.17) is 16.7 Å². The average Bonchev–Trinajstić information content (AvgIpc) is 2.31. The molecule has 5 heteroatoms. The minimum atomic E-state index is -0.341. The molecule has 0 saturated carbocycles. The standard InChI is InChI=1S/C12H16ClNO3/c1-2-8(5-6-15)14-12(17)10-7-9(16)3-4-11(10)13/h3-4,7-8,15-16H,2,5-6H2,1H3,(H,14,17). The molecule has 1 rings (SSSR count). The fourth-order valence-corrected chi connectivity index (χ4v) is 1.69. The third-order valence-electron chi connectivity index (χ3n) is 2.50. The molecule has 0 saturated heterocycles. The lowest BCUT2D eigenvalue weighted by Gasteiger charge is -2.16. The summed E-state index contributed by atoms with van der Waals surface area (Å²) in [6, 6.07) is 4.12. The predicted octanol–water partition coefficient (Wildman–Crippen LogP) is 1.94. The van der Waals surface area contributed by atoms with Crippen LogP contribution in [0.2, 0.25) is 5.02 Å². The van der Waals surface area contributed by atoms with Gasteiger partial charge in [0, 0.05) is 12.6 Å². The summed E-state index contributed by atoms with van der Waals surface area (Å²) in [7, 11) is 0. The van der Waals surface area contributed by atoms with Crippen molar-refractivity contribution in [2.24, 2.45) is 0 Å². The number of hydrogen-bond donors (Lipinski definition) is 3. The molecule has 0 fully saturated rings. The van der Waals surface area contributed by atoms with E-state index < -0.39 is 0 Å². The largest absolute Gasteiger partial charge is 0.508 e. The van der Waals surface area contributed by atoms with E-state index in [9.17, 15) is 9.90 Å². The van der Waals surface area contributed by atoms with Crippen LogP contribution in [0.4, 0.5) is 0 Å². The molecule has 1 aromatic carbocycles. The lowest BCUT2D eigenvalue weighted by atomic mass is 10.1. The molecule has 1 unspecified atom stereocenters. The molecule has 0 aliphatic heterocycles. The zero-order valence-electron chi connectivity index (χ0n) is 9.61. The molecule has 3 N–H and O–H groups in total. The number of hydrogen-bond acceptors (Lipinski definition) is 3. The number of halogens is 1. The molecule has 0 radical (unpaired) electrons. The molecule has 1 amide bonds. The van der Waals surface area contributed by atoms with Gasteiger partial charge in [-0.2, -0.15) is 0 Å². The molecule has 0 aliphatic rings. The molecule has 94 valence electrons. The molecular weight excluding hydrogens is 242 g/mol.